The van der Waals surface area contributed by atoms with Gasteiger partial charge in [-0.25, -0.2) is 4.98 Å². The molecule has 0 spiro atoms. The van der Waals surface area contributed by atoms with Crippen LogP contribution in [0.4, 0.5) is 5.13 Å². The molecule has 1 aromatic heterocycles. The highest BCUT2D eigenvalue weighted by molar-refractivity contribution is 7.22. The molecule has 6 heteroatoms. The van der Waals surface area contributed by atoms with Gasteiger partial charge in [-0.15, -0.1) is 0 Å². The number of halogens is 2. The van der Waals surface area contributed by atoms with Crippen LogP contribution < -0.4 is 5.43 Å². The lowest BCUT2D eigenvalue weighted by atomic mass is 10.1. The van der Waals surface area contributed by atoms with E-state index in [0.717, 1.165) is 26.6 Å². The molecule has 3 aromatic rings. The fourth-order valence-corrected chi connectivity index (χ4v) is 3.25. The first-order valence-electron chi connectivity index (χ1n) is 6.25. The van der Waals surface area contributed by atoms with E-state index >= 15 is 0 Å². The Bertz CT molecular complexity index is 794. The summed E-state index contributed by atoms with van der Waals surface area (Å²) in [6, 6.07) is 13.3. The predicted octanol–water partition coefficient (Wildman–Crippen LogP) is 5.44. The largest absolute Gasteiger partial charge is 0.252 e. The van der Waals surface area contributed by atoms with E-state index in [1.54, 1.807) is 23.5 Å². The second-order valence-electron chi connectivity index (χ2n) is 4.42. The van der Waals surface area contributed by atoms with Gasteiger partial charge < -0.3 is 0 Å². The number of hydrogen-bond acceptors (Lipinski definition) is 4. The number of benzene rings is 2. The number of hydrogen-bond donors (Lipinski definition) is 1. The van der Waals surface area contributed by atoms with Gasteiger partial charge in [0.05, 0.1) is 21.0 Å². The summed E-state index contributed by atoms with van der Waals surface area (Å²) in [5.41, 5.74) is 5.55. The van der Waals surface area contributed by atoms with Gasteiger partial charge in [-0.3, -0.25) is 5.43 Å². The van der Waals surface area contributed by atoms with Crippen LogP contribution in [0.1, 0.15) is 12.5 Å². The van der Waals surface area contributed by atoms with Crippen LogP contribution in [-0.2, 0) is 0 Å². The Labute approximate surface area is 136 Å². The smallest absolute Gasteiger partial charge is 0.204 e. The van der Waals surface area contributed by atoms with Crippen molar-refractivity contribution in [3.8, 4) is 0 Å². The van der Waals surface area contributed by atoms with Gasteiger partial charge in [0.15, 0.2) is 0 Å². The molecule has 1 heterocycles. The van der Waals surface area contributed by atoms with E-state index in [0.29, 0.717) is 10.0 Å². The molecular weight excluding hydrogens is 325 g/mol. The van der Waals surface area contributed by atoms with E-state index in [9.17, 15) is 0 Å². The lowest BCUT2D eigenvalue weighted by Crippen LogP contribution is -2.00. The van der Waals surface area contributed by atoms with Crippen molar-refractivity contribution in [3.05, 3.63) is 58.1 Å². The molecule has 0 fully saturated rings. The lowest BCUT2D eigenvalue weighted by Gasteiger charge is -2.04. The summed E-state index contributed by atoms with van der Waals surface area (Å²) in [5, 5.41) is 6.27. The summed E-state index contributed by atoms with van der Waals surface area (Å²) in [4.78, 5) is 4.46. The molecule has 0 radical (unpaired) electrons. The third-order valence-corrected chi connectivity index (χ3v) is 4.42. The second-order valence-corrected chi connectivity index (χ2v) is 6.29. The first-order chi connectivity index (χ1) is 10.1. The number of anilines is 1. The maximum atomic E-state index is 6.16. The van der Waals surface area contributed by atoms with E-state index in [2.05, 4.69) is 15.5 Å². The first-order valence-corrected chi connectivity index (χ1v) is 7.82. The van der Waals surface area contributed by atoms with Crippen LogP contribution in [0.3, 0.4) is 0 Å². The Morgan fingerprint density at radius 3 is 2.76 bits per heavy atom. The van der Waals surface area contributed by atoms with E-state index in [1.807, 2.05) is 37.3 Å². The van der Waals surface area contributed by atoms with Crippen molar-refractivity contribution in [2.45, 2.75) is 6.92 Å². The monoisotopic (exact) mass is 335 g/mol. The van der Waals surface area contributed by atoms with Gasteiger partial charge in [0.1, 0.15) is 0 Å². The SMILES string of the molecule is C/C(=N/Nc1nc2ccccc2s1)c1ccc(Cl)cc1Cl. The average molecular weight is 336 g/mol. The Morgan fingerprint density at radius 2 is 2.00 bits per heavy atom. The van der Waals surface area contributed by atoms with Crippen LogP contribution in [-0.4, -0.2) is 10.7 Å². The number of thiazole rings is 1. The highest BCUT2D eigenvalue weighted by Crippen LogP contribution is 2.26. The van der Waals surface area contributed by atoms with E-state index < -0.39 is 0 Å². The molecule has 0 aliphatic heterocycles. The molecule has 0 unspecified atom stereocenters. The van der Waals surface area contributed by atoms with Crippen molar-refractivity contribution in [2.24, 2.45) is 5.10 Å². The molecule has 3 nitrogen and oxygen atoms in total. The zero-order valence-corrected chi connectivity index (χ0v) is 13.4. The van der Waals surface area contributed by atoms with Crippen molar-refractivity contribution < 1.29 is 0 Å². The molecule has 2 aromatic carbocycles. The highest BCUT2D eigenvalue weighted by Gasteiger charge is 2.06. The molecule has 0 amide bonds. The minimum Gasteiger partial charge on any atom is -0.252 e. The zero-order chi connectivity index (χ0) is 14.8. The van der Waals surface area contributed by atoms with Crippen molar-refractivity contribution in [3.63, 3.8) is 0 Å². The average Bonchev–Trinajstić information content (AvgIpc) is 2.87. The van der Waals surface area contributed by atoms with Crippen molar-refractivity contribution >= 4 is 55.6 Å². The number of aromatic nitrogens is 1. The topological polar surface area (TPSA) is 37.3 Å². The van der Waals surface area contributed by atoms with Crippen LogP contribution in [0.15, 0.2) is 47.6 Å². The molecule has 1 N–H and O–H groups in total. The molecule has 3 rings (SSSR count). The maximum absolute atomic E-state index is 6.16. The third kappa shape index (κ3) is 3.18. The minimum atomic E-state index is 0.579. The van der Waals surface area contributed by atoms with Gasteiger partial charge >= 0.3 is 0 Å². The number of nitrogens with zero attached hydrogens (tertiary/aromatic N) is 2. The quantitative estimate of drug-likeness (QED) is 0.511. The van der Waals surface area contributed by atoms with Gasteiger partial charge in [-0.2, -0.15) is 5.10 Å². The number of hydrazone groups is 1. The number of fused-ring (bicyclic) bond motifs is 1. The van der Waals surface area contributed by atoms with Gasteiger partial charge in [-0.1, -0.05) is 52.7 Å². The number of nitrogens with one attached hydrogen (secondary N) is 1. The summed E-state index contributed by atoms with van der Waals surface area (Å²) in [6.45, 7) is 1.88. The van der Waals surface area contributed by atoms with Crippen molar-refractivity contribution in [1.29, 1.82) is 0 Å². The van der Waals surface area contributed by atoms with Crippen molar-refractivity contribution in [1.82, 2.24) is 4.98 Å². The number of para-hydroxylation sites is 1. The molecule has 21 heavy (non-hydrogen) atoms. The van der Waals surface area contributed by atoms with Gasteiger partial charge in [-0.05, 0) is 31.2 Å². The molecular formula is C15H11Cl2N3S. The molecule has 0 atom stereocenters. The lowest BCUT2D eigenvalue weighted by molar-refractivity contribution is 1.29. The molecule has 0 saturated carbocycles. The minimum absolute atomic E-state index is 0.579. The summed E-state index contributed by atoms with van der Waals surface area (Å²) in [6.07, 6.45) is 0. The van der Waals surface area contributed by atoms with Crippen LogP contribution in [0.2, 0.25) is 10.0 Å². The predicted molar refractivity (Wildman–Crippen MR) is 91.9 cm³/mol. The molecule has 0 bridgehead atoms. The maximum Gasteiger partial charge on any atom is 0.204 e. The van der Waals surface area contributed by atoms with E-state index in [4.69, 9.17) is 23.2 Å². The van der Waals surface area contributed by atoms with Gasteiger partial charge in [0.25, 0.3) is 0 Å². The highest BCUT2D eigenvalue weighted by atomic mass is 35.5. The summed E-state index contributed by atoms with van der Waals surface area (Å²) in [5.74, 6) is 0. The standard InChI is InChI=1S/C15H11Cl2N3S/c1-9(11-7-6-10(16)8-12(11)17)19-20-15-18-13-4-2-3-5-14(13)21-15/h2-8H,1H3,(H,18,20)/b19-9-. The fourth-order valence-electron chi connectivity index (χ4n) is 1.89. The Kier molecular flexibility index (Phi) is 4.10. The van der Waals surface area contributed by atoms with Gasteiger partial charge in [0, 0.05) is 10.6 Å². The van der Waals surface area contributed by atoms with Crippen LogP contribution in [0, 0.1) is 0 Å². The van der Waals surface area contributed by atoms with E-state index in [1.165, 1.54) is 0 Å². The Morgan fingerprint density at radius 1 is 1.19 bits per heavy atom. The Hall–Kier alpha value is -1.62. The summed E-state index contributed by atoms with van der Waals surface area (Å²) < 4.78 is 1.12. The molecule has 0 saturated heterocycles. The Balaban J connectivity index is 1.84. The molecule has 106 valence electrons. The third-order valence-electron chi connectivity index (χ3n) is 2.93. The zero-order valence-electron chi connectivity index (χ0n) is 11.1. The van der Waals surface area contributed by atoms with E-state index in [-0.39, 0.29) is 0 Å². The summed E-state index contributed by atoms with van der Waals surface area (Å²) in [7, 11) is 0. The van der Waals surface area contributed by atoms with Crippen molar-refractivity contribution in [2.75, 3.05) is 5.43 Å². The first kappa shape index (κ1) is 14.3. The van der Waals surface area contributed by atoms with Crippen LogP contribution in [0.5, 0.6) is 0 Å². The van der Waals surface area contributed by atoms with Crippen LogP contribution in [0.25, 0.3) is 10.2 Å². The summed E-state index contributed by atoms with van der Waals surface area (Å²) >= 11 is 13.6. The van der Waals surface area contributed by atoms with Gasteiger partial charge in [0.2, 0.25) is 5.13 Å². The number of rotatable bonds is 3. The second kappa shape index (κ2) is 6.02. The normalized spacial score (nSPS) is 11.9. The molecule has 0 aliphatic carbocycles. The fraction of sp³-hybridized carbons (Fsp3) is 0.0667. The molecule has 0 aliphatic rings. The van der Waals surface area contributed by atoms with Crippen LogP contribution >= 0.6 is 34.5 Å².